The molecule has 0 heterocycles. The molecule has 1 unspecified atom stereocenters. The average Bonchev–Trinajstić information content (AvgIpc) is 2.50. The van der Waals surface area contributed by atoms with Crippen LogP contribution in [0, 0.1) is 0 Å². The van der Waals surface area contributed by atoms with Gasteiger partial charge in [-0.1, -0.05) is 60.7 Å². The van der Waals surface area contributed by atoms with Crippen LogP contribution in [0.4, 0.5) is 0 Å². The van der Waals surface area contributed by atoms with Crippen LogP contribution in [0.2, 0.25) is 0 Å². The first-order valence-electron chi connectivity index (χ1n) is 6.93. The van der Waals surface area contributed by atoms with Gasteiger partial charge in [0, 0.05) is 13.1 Å². The molecule has 3 nitrogen and oxygen atoms in total. The van der Waals surface area contributed by atoms with Crippen molar-refractivity contribution in [1.82, 2.24) is 5.32 Å². The van der Waals surface area contributed by atoms with Crippen LogP contribution in [-0.4, -0.2) is 24.3 Å². The highest BCUT2D eigenvalue weighted by atomic mass is 16.3. The highest BCUT2D eigenvalue weighted by molar-refractivity contribution is 5.39. The van der Waals surface area contributed by atoms with Crippen LogP contribution in [0.25, 0.3) is 0 Å². The molecule has 0 saturated carbocycles. The Morgan fingerprint density at radius 2 is 1.45 bits per heavy atom. The van der Waals surface area contributed by atoms with Crippen LogP contribution in [0.1, 0.15) is 18.1 Å². The molecule has 2 rings (SSSR count). The summed E-state index contributed by atoms with van der Waals surface area (Å²) >= 11 is 0. The summed E-state index contributed by atoms with van der Waals surface area (Å²) in [6, 6.07) is 20.3. The Kier molecular flexibility index (Phi) is 4.90. The van der Waals surface area contributed by atoms with Gasteiger partial charge in [-0.25, -0.2) is 0 Å². The van der Waals surface area contributed by atoms with Crippen molar-refractivity contribution in [2.75, 3.05) is 13.1 Å². The Hall–Kier alpha value is -1.68. The maximum atomic E-state index is 9.60. The lowest BCUT2D eigenvalue weighted by Crippen LogP contribution is -2.51. The van der Waals surface area contributed by atoms with Crippen molar-refractivity contribution >= 4 is 0 Å². The molecular formula is C17H22N2O. The minimum Gasteiger partial charge on any atom is -0.392 e. The number of benzene rings is 2. The van der Waals surface area contributed by atoms with Gasteiger partial charge in [0.2, 0.25) is 0 Å². The quantitative estimate of drug-likeness (QED) is 0.751. The van der Waals surface area contributed by atoms with E-state index in [4.69, 9.17) is 5.73 Å². The van der Waals surface area contributed by atoms with E-state index in [1.165, 1.54) is 0 Å². The first kappa shape index (κ1) is 14.7. The molecule has 0 aromatic heterocycles. The second-order valence-electron chi connectivity index (χ2n) is 5.07. The van der Waals surface area contributed by atoms with Crippen molar-refractivity contribution in [3.63, 3.8) is 0 Å². The third-order valence-electron chi connectivity index (χ3n) is 3.54. The minimum absolute atomic E-state index is 0.423. The lowest BCUT2D eigenvalue weighted by molar-refractivity contribution is 0.178. The topological polar surface area (TPSA) is 58.3 Å². The van der Waals surface area contributed by atoms with Crippen molar-refractivity contribution in [2.45, 2.75) is 18.6 Å². The summed E-state index contributed by atoms with van der Waals surface area (Å²) in [7, 11) is 0. The molecule has 2 aromatic carbocycles. The van der Waals surface area contributed by atoms with Crippen molar-refractivity contribution in [3.05, 3.63) is 71.8 Å². The lowest BCUT2D eigenvalue weighted by Gasteiger charge is -2.35. The Labute approximate surface area is 120 Å². The molecule has 0 bridgehead atoms. The monoisotopic (exact) mass is 270 g/mol. The van der Waals surface area contributed by atoms with Crippen LogP contribution in [0.5, 0.6) is 0 Å². The number of hydrogen-bond donors (Lipinski definition) is 3. The van der Waals surface area contributed by atoms with Crippen molar-refractivity contribution in [2.24, 2.45) is 5.73 Å². The zero-order valence-corrected chi connectivity index (χ0v) is 11.8. The van der Waals surface area contributed by atoms with Gasteiger partial charge in [0.05, 0.1) is 11.6 Å². The molecule has 0 aliphatic carbocycles. The van der Waals surface area contributed by atoms with E-state index < -0.39 is 11.6 Å². The molecule has 3 heteroatoms. The van der Waals surface area contributed by atoms with Crippen LogP contribution in [0.15, 0.2) is 60.7 Å². The standard InChI is InChI=1S/C17H22N2O/c1-14(20)12-19-17(13-18,15-8-4-2-5-9-15)16-10-6-3-7-11-16/h2-11,14,19-20H,12-13,18H2,1H3. The average molecular weight is 270 g/mol. The fraction of sp³-hybridized carbons (Fsp3) is 0.294. The van der Waals surface area contributed by atoms with E-state index in [0.29, 0.717) is 13.1 Å². The molecule has 0 fully saturated rings. The lowest BCUT2D eigenvalue weighted by atomic mass is 9.82. The molecule has 106 valence electrons. The number of nitrogens with one attached hydrogen (secondary N) is 1. The van der Waals surface area contributed by atoms with E-state index in [-0.39, 0.29) is 0 Å². The molecule has 0 aliphatic heterocycles. The predicted molar refractivity (Wildman–Crippen MR) is 82.4 cm³/mol. The Morgan fingerprint density at radius 1 is 1.00 bits per heavy atom. The molecule has 2 aromatic rings. The summed E-state index contributed by atoms with van der Waals surface area (Å²) in [6.45, 7) is 2.68. The number of nitrogens with two attached hydrogens (primary N) is 1. The summed E-state index contributed by atoms with van der Waals surface area (Å²) in [4.78, 5) is 0. The zero-order chi connectivity index (χ0) is 14.4. The van der Waals surface area contributed by atoms with Crippen molar-refractivity contribution in [3.8, 4) is 0 Å². The molecule has 0 amide bonds. The fourth-order valence-corrected chi connectivity index (χ4v) is 2.45. The van der Waals surface area contributed by atoms with Crippen molar-refractivity contribution < 1.29 is 5.11 Å². The van der Waals surface area contributed by atoms with E-state index in [0.717, 1.165) is 11.1 Å². The highest BCUT2D eigenvalue weighted by Gasteiger charge is 2.32. The second-order valence-corrected chi connectivity index (χ2v) is 5.07. The molecule has 20 heavy (non-hydrogen) atoms. The van der Waals surface area contributed by atoms with E-state index in [1.807, 2.05) is 36.4 Å². The van der Waals surface area contributed by atoms with Gasteiger partial charge in [-0.3, -0.25) is 0 Å². The van der Waals surface area contributed by atoms with Gasteiger partial charge in [0.25, 0.3) is 0 Å². The van der Waals surface area contributed by atoms with Crippen molar-refractivity contribution in [1.29, 1.82) is 0 Å². The van der Waals surface area contributed by atoms with E-state index in [1.54, 1.807) is 6.92 Å². The maximum Gasteiger partial charge on any atom is 0.0815 e. The fourth-order valence-electron chi connectivity index (χ4n) is 2.45. The van der Waals surface area contributed by atoms with E-state index >= 15 is 0 Å². The van der Waals surface area contributed by atoms with Crippen LogP contribution >= 0.6 is 0 Å². The van der Waals surface area contributed by atoms with E-state index in [9.17, 15) is 5.11 Å². The highest BCUT2D eigenvalue weighted by Crippen LogP contribution is 2.28. The third-order valence-corrected chi connectivity index (χ3v) is 3.54. The molecular weight excluding hydrogens is 248 g/mol. The van der Waals surface area contributed by atoms with Gasteiger partial charge >= 0.3 is 0 Å². The third kappa shape index (κ3) is 3.07. The number of aliphatic hydroxyl groups is 1. The van der Waals surface area contributed by atoms with Gasteiger partial charge < -0.3 is 16.2 Å². The molecule has 0 saturated heterocycles. The predicted octanol–water partition coefficient (Wildman–Crippen LogP) is 1.86. The van der Waals surface area contributed by atoms with Crippen LogP contribution in [-0.2, 0) is 5.54 Å². The zero-order valence-electron chi connectivity index (χ0n) is 11.8. The minimum atomic E-state index is -0.473. The first-order chi connectivity index (χ1) is 9.69. The summed E-state index contributed by atoms with van der Waals surface area (Å²) < 4.78 is 0. The Balaban J connectivity index is 2.46. The SMILES string of the molecule is CC(O)CNC(CN)(c1ccccc1)c1ccccc1. The van der Waals surface area contributed by atoms with Gasteiger partial charge in [-0.2, -0.15) is 0 Å². The van der Waals surface area contributed by atoms with Crippen LogP contribution in [0.3, 0.4) is 0 Å². The van der Waals surface area contributed by atoms with E-state index in [2.05, 4.69) is 29.6 Å². The van der Waals surface area contributed by atoms with Gasteiger partial charge in [0.1, 0.15) is 0 Å². The molecule has 0 spiro atoms. The first-order valence-corrected chi connectivity index (χ1v) is 6.93. The Morgan fingerprint density at radius 3 is 1.80 bits per heavy atom. The molecule has 0 aliphatic rings. The normalized spacial score (nSPS) is 13.2. The van der Waals surface area contributed by atoms with Gasteiger partial charge in [-0.05, 0) is 18.1 Å². The largest absolute Gasteiger partial charge is 0.392 e. The summed E-state index contributed by atoms with van der Waals surface area (Å²) in [5, 5.41) is 13.0. The number of aliphatic hydroxyl groups excluding tert-OH is 1. The summed E-state index contributed by atoms with van der Waals surface area (Å²) in [6.07, 6.45) is -0.423. The molecule has 0 radical (unpaired) electrons. The summed E-state index contributed by atoms with van der Waals surface area (Å²) in [5.74, 6) is 0. The smallest absolute Gasteiger partial charge is 0.0815 e. The maximum absolute atomic E-state index is 9.60. The molecule has 1 atom stereocenters. The van der Waals surface area contributed by atoms with Crippen LogP contribution < -0.4 is 11.1 Å². The number of rotatable bonds is 6. The van der Waals surface area contributed by atoms with Gasteiger partial charge in [0.15, 0.2) is 0 Å². The Bertz CT molecular complexity index is 472. The van der Waals surface area contributed by atoms with Gasteiger partial charge in [-0.15, -0.1) is 0 Å². The second kappa shape index (κ2) is 6.66. The molecule has 4 N–H and O–H groups in total. The summed E-state index contributed by atoms with van der Waals surface area (Å²) in [5.41, 5.74) is 7.85. The number of hydrogen-bond acceptors (Lipinski definition) is 3.